The zero-order chi connectivity index (χ0) is 12.4. The first-order valence-electron chi connectivity index (χ1n) is 5.13. The number of nitrogens with zero attached hydrogens (tertiary/aromatic N) is 4. The number of aromatic amines is 1. The van der Waals surface area contributed by atoms with Crippen molar-refractivity contribution in [3.8, 4) is 0 Å². The summed E-state index contributed by atoms with van der Waals surface area (Å²) in [5.74, 6) is 5.52. The molecule has 17 heavy (non-hydrogen) atoms. The van der Waals surface area contributed by atoms with Gasteiger partial charge in [0.25, 0.3) is 0 Å². The van der Waals surface area contributed by atoms with E-state index in [1.165, 1.54) is 0 Å². The molecule has 2 heterocycles. The fourth-order valence-corrected chi connectivity index (χ4v) is 1.99. The Hall–Kier alpha value is -1.44. The van der Waals surface area contributed by atoms with E-state index < -0.39 is 0 Å². The van der Waals surface area contributed by atoms with Gasteiger partial charge in [0.05, 0.1) is 17.9 Å². The Kier molecular flexibility index (Phi) is 3.41. The number of rotatable bonds is 4. The Morgan fingerprint density at radius 1 is 1.65 bits per heavy atom. The molecule has 1 unspecified atom stereocenters. The van der Waals surface area contributed by atoms with E-state index in [1.807, 2.05) is 6.92 Å². The van der Waals surface area contributed by atoms with Crippen LogP contribution in [0, 0.1) is 6.92 Å². The lowest BCUT2D eigenvalue weighted by Gasteiger charge is -2.12. The molecule has 92 valence electrons. The van der Waals surface area contributed by atoms with E-state index in [2.05, 4.69) is 25.9 Å². The second-order valence-corrected chi connectivity index (χ2v) is 4.15. The van der Waals surface area contributed by atoms with E-state index in [0.717, 1.165) is 17.0 Å². The van der Waals surface area contributed by atoms with Crippen LogP contribution >= 0.6 is 11.6 Å². The summed E-state index contributed by atoms with van der Waals surface area (Å²) in [7, 11) is 1.81. The van der Waals surface area contributed by atoms with Crippen LogP contribution in [-0.2, 0) is 13.5 Å². The third-order valence-electron chi connectivity index (χ3n) is 2.67. The molecule has 2 rings (SSSR count). The van der Waals surface area contributed by atoms with Gasteiger partial charge in [0, 0.05) is 12.6 Å². The lowest BCUT2D eigenvalue weighted by molar-refractivity contribution is 0.536. The van der Waals surface area contributed by atoms with Crippen LogP contribution in [-0.4, -0.2) is 25.2 Å². The van der Waals surface area contributed by atoms with Gasteiger partial charge in [-0.05, 0) is 13.3 Å². The van der Waals surface area contributed by atoms with E-state index >= 15 is 0 Å². The SMILES string of the molecule is Cc1nn(C)c(Cl)c1CC(NN)c1cn[nH]n1. The van der Waals surface area contributed by atoms with Gasteiger partial charge < -0.3 is 0 Å². The van der Waals surface area contributed by atoms with Crippen molar-refractivity contribution in [1.29, 1.82) is 0 Å². The van der Waals surface area contributed by atoms with Gasteiger partial charge in [0.2, 0.25) is 0 Å². The number of aryl methyl sites for hydroxylation is 2. The van der Waals surface area contributed by atoms with Crippen molar-refractivity contribution in [3.63, 3.8) is 0 Å². The number of hydrogen-bond acceptors (Lipinski definition) is 5. The molecule has 0 aliphatic carbocycles. The van der Waals surface area contributed by atoms with Crippen LogP contribution < -0.4 is 11.3 Å². The zero-order valence-electron chi connectivity index (χ0n) is 9.61. The molecule has 7 nitrogen and oxygen atoms in total. The molecule has 0 radical (unpaired) electrons. The standard InChI is InChI=1S/C9H14ClN7/c1-5-6(9(10)17(2)15-5)3-7(13-11)8-4-12-16-14-8/h4,7,13H,3,11H2,1-2H3,(H,12,14,16). The van der Waals surface area contributed by atoms with E-state index in [1.54, 1.807) is 17.9 Å². The first-order chi connectivity index (χ1) is 8.13. The van der Waals surface area contributed by atoms with E-state index in [9.17, 15) is 0 Å². The molecule has 0 aromatic carbocycles. The summed E-state index contributed by atoms with van der Waals surface area (Å²) in [5, 5.41) is 15.2. The molecule has 2 aromatic heterocycles. The van der Waals surface area contributed by atoms with Gasteiger partial charge in [0.1, 0.15) is 10.8 Å². The zero-order valence-corrected chi connectivity index (χ0v) is 10.4. The summed E-state index contributed by atoms with van der Waals surface area (Å²) in [4.78, 5) is 0. The predicted octanol–water partition coefficient (Wildman–Crippen LogP) is 0.247. The minimum absolute atomic E-state index is 0.144. The fraction of sp³-hybridized carbons (Fsp3) is 0.444. The van der Waals surface area contributed by atoms with Gasteiger partial charge >= 0.3 is 0 Å². The monoisotopic (exact) mass is 255 g/mol. The number of halogens is 1. The smallest absolute Gasteiger partial charge is 0.130 e. The van der Waals surface area contributed by atoms with Crippen molar-refractivity contribution >= 4 is 11.6 Å². The Morgan fingerprint density at radius 2 is 2.41 bits per heavy atom. The van der Waals surface area contributed by atoms with Crippen LogP contribution in [0.25, 0.3) is 0 Å². The molecule has 0 saturated carbocycles. The molecule has 8 heteroatoms. The molecule has 0 aliphatic rings. The van der Waals surface area contributed by atoms with Crippen molar-refractivity contribution in [2.75, 3.05) is 0 Å². The number of nitrogens with one attached hydrogen (secondary N) is 2. The van der Waals surface area contributed by atoms with Gasteiger partial charge in [-0.2, -0.15) is 20.5 Å². The number of hydrazine groups is 1. The Morgan fingerprint density at radius 3 is 2.88 bits per heavy atom. The minimum Gasteiger partial charge on any atom is -0.271 e. The van der Waals surface area contributed by atoms with Crippen molar-refractivity contribution in [2.45, 2.75) is 19.4 Å². The van der Waals surface area contributed by atoms with Crippen LogP contribution in [0.3, 0.4) is 0 Å². The summed E-state index contributed by atoms with van der Waals surface area (Å²) in [6.45, 7) is 1.91. The van der Waals surface area contributed by atoms with Gasteiger partial charge in [-0.15, -0.1) is 0 Å². The van der Waals surface area contributed by atoms with Crippen molar-refractivity contribution in [1.82, 2.24) is 30.6 Å². The molecule has 0 bridgehead atoms. The summed E-state index contributed by atoms with van der Waals surface area (Å²) in [5.41, 5.74) is 5.29. The molecule has 0 aliphatic heterocycles. The summed E-state index contributed by atoms with van der Waals surface area (Å²) in [6, 6.07) is -0.144. The second kappa shape index (κ2) is 4.82. The molecule has 4 N–H and O–H groups in total. The highest BCUT2D eigenvalue weighted by molar-refractivity contribution is 6.30. The van der Waals surface area contributed by atoms with E-state index in [4.69, 9.17) is 17.4 Å². The topological polar surface area (TPSA) is 97.4 Å². The van der Waals surface area contributed by atoms with Gasteiger partial charge in [-0.25, -0.2) is 0 Å². The van der Waals surface area contributed by atoms with Gasteiger partial charge in [-0.3, -0.25) is 16.0 Å². The van der Waals surface area contributed by atoms with Crippen molar-refractivity contribution in [2.24, 2.45) is 12.9 Å². The number of aromatic nitrogens is 5. The number of H-pyrrole nitrogens is 1. The highest BCUT2D eigenvalue weighted by Crippen LogP contribution is 2.24. The first-order valence-corrected chi connectivity index (χ1v) is 5.51. The summed E-state index contributed by atoms with van der Waals surface area (Å²) in [6.07, 6.45) is 2.24. The Balaban J connectivity index is 2.24. The average Bonchev–Trinajstić information content (AvgIpc) is 2.89. The number of hydrogen-bond donors (Lipinski definition) is 3. The van der Waals surface area contributed by atoms with Crippen molar-refractivity contribution in [3.05, 3.63) is 28.3 Å². The normalized spacial score (nSPS) is 12.9. The van der Waals surface area contributed by atoms with E-state index in [-0.39, 0.29) is 6.04 Å². The molecule has 1 atom stereocenters. The molecule has 2 aromatic rings. The molecular formula is C9H14ClN7. The highest BCUT2D eigenvalue weighted by atomic mass is 35.5. The maximum atomic E-state index is 6.16. The van der Waals surface area contributed by atoms with Crippen molar-refractivity contribution < 1.29 is 0 Å². The average molecular weight is 256 g/mol. The highest BCUT2D eigenvalue weighted by Gasteiger charge is 2.19. The summed E-state index contributed by atoms with van der Waals surface area (Å²) < 4.78 is 1.64. The Labute approximate surface area is 103 Å². The molecule has 0 saturated heterocycles. The molecule has 0 fully saturated rings. The maximum absolute atomic E-state index is 6.16. The lowest BCUT2D eigenvalue weighted by atomic mass is 10.1. The third-order valence-corrected chi connectivity index (χ3v) is 3.14. The van der Waals surface area contributed by atoms with E-state index in [0.29, 0.717) is 11.6 Å². The summed E-state index contributed by atoms with van der Waals surface area (Å²) >= 11 is 6.16. The Bertz CT molecular complexity index is 490. The van der Waals surface area contributed by atoms with Crippen LogP contribution in [0.15, 0.2) is 6.20 Å². The first kappa shape index (κ1) is 12.0. The molecular weight excluding hydrogens is 242 g/mol. The van der Waals surface area contributed by atoms with Crippen LogP contribution in [0.2, 0.25) is 5.15 Å². The van der Waals surface area contributed by atoms with Crippen LogP contribution in [0.5, 0.6) is 0 Å². The lowest BCUT2D eigenvalue weighted by Crippen LogP contribution is -2.30. The third kappa shape index (κ3) is 2.31. The largest absolute Gasteiger partial charge is 0.271 e. The molecule has 0 amide bonds. The van der Waals surface area contributed by atoms with Gasteiger partial charge in [-0.1, -0.05) is 11.6 Å². The maximum Gasteiger partial charge on any atom is 0.130 e. The van der Waals surface area contributed by atoms with Crippen LogP contribution in [0.1, 0.15) is 23.0 Å². The second-order valence-electron chi connectivity index (χ2n) is 3.80. The van der Waals surface area contributed by atoms with Crippen LogP contribution in [0.4, 0.5) is 0 Å². The fourth-order valence-electron chi connectivity index (χ4n) is 1.74. The number of nitrogens with two attached hydrogens (primary N) is 1. The predicted molar refractivity (Wildman–Crippen MR) is 63.1 cm³/mol. The quantitative estimate of drug-likeness (QED) is 0.537. The molecule has 0 spiro atoms. The minimum atomic E-state index is -0.144. The van der Waals surface area contributed by atoms with Gasteiger partial charge in [0.15, 0.2) is 0 Å².